The Morgan fingerprint density at radius 3 is 2.12 bits per heavy atom. The molecule has 3 N–H and O–H groups in total. The van der Waals surface area contributed by atoms with Crippen LogP contribution in [0.2, 0.25) is 5.02 Å². The van der Waals surface area contributed by atoms with Gasteiger partial charge in [-0.1, -0.05) is 41.9 Å². The molecule has 0 atom stereocenters. The second-order valence-corrected chi connectivity index (χ2v) is 8.84. The number of para-hydroxylation sites is 2. The molecule has 0 saturated heterocycles. The lowest BCUT2D eigenvalue weighted by molar-refractivity contribution is 0.0845. The van der Waals surface area contributed by atoms with E-state index < -0.39 is 21.8 Å². The first-order chi connectivity index (χ1) is 15.3. The largest absolute Gasteiger partial charge is 0.507 e. The third kappa shape index (κ3) is 4.84. The van der Waals surface area contributed by atoms with Crippen molar-refractivity contribution in [2.24, 2.45) is 0 Å². The molecular formula is C22H20ClN3O5S. The Hall–Kier alpha value is -3.56. The van der Waals surface area contributed by atoms with Gasteiger partial charge < -0.3 is 5.11 Å². The van der Waals surface area contributed by atoms with E-state index in [1.54, 1.807) is 49.4 Å². The van der Waals surface area contributed by atoms with Crippen molar-refractivity contribution in [3.05, 3.63) is 88.9 Å². The van der Waals surface area contributed by atoms with E-state index in [4.69, 9.17) is 11.6 Å². The Bertz CT molecular complexity index is 1250. The Balaban J connectivity index is 1.84. The maximum Gasteiger partial charge on any atom is 0.273 e. The average molecular weight is 474 g/mol. The van der Waals surface area contributed by atoms with E-state index in [1.807, 2.05) is 0 Å². The van der Waals surface area contributed by atoms with Crippen molar-refractivity contribution in [2.75, 3.05) is 10.8 Å². The van der Waals surface area contributed by atoms with Crippen molar-refractivity contribution in [3.63, 3.8) is 0 Å². The average Bonchev–Trinajstić information content (AvgIpc) is 2.78. The molecule has 0 bridgehead atoms. The monoisotopic (exact) mass is 473 g/mol. The van der Waals surface area contributed by atoms with Crippen molar-refractivity contribution < 1.29 is 23.1 Å². The highest BCUT2D eigenvalue weighted by Crippen LogP contribution is 2.26. The molecule has 0 aromatic heterocycles. The minimum atomic E-state index is -3.98. The maximum absolute atomic E-state index is 13.2. The van der Waals surface area contributed by atoms with E-state index in [9.17, 15) is 23.1 Å². The summed E-state index contributed by atoms with van der Waals surface area (Å²) in [5.41, 5.74) is 4.63. The van der Waals surface area contributed by atoms with Gasteiger partial charge in [0, 0.05) is 6.54 Å². The predicted octanol–water partition coefficient (Wildman–Crippen LogP) is 3.34. The minimum Gasteiger partial charge on any atom is -0.507 e. The zero-order valence-corrected chi connectivity index (χ0v) is 18.5. The Kier molecular flexibility index (Phi) is 7.01. The van der Waals surface area contributed by atoms with Gasteiger partial charge >= 0.3 is 0 Å². The van der Waals surface area contributed by atoms with Gasteiger partial charge in [0.2, 0.25) is 0 Å². The maximum atomic E-state index is 13.2. The molecule has 0 radical (unpaired) electrons. The molecule has 8 nitrogen and oxygen atoms in total. The fourth-order valence-corrected chi connectivity index (χ4v) is 4.67. The van der Waals surface area contributed by atoms with Crippen molar-refractivity contribution in [3.8, 4) is 5.75 Å². The smallest absolute Gasteiger partial charge is 0.273 e. The second kappa shape index (κ2) is 9.71. The number of phenolic OH excluding ortho intramolecular Hbond substituents is 1. The highest BCUT2D eigenvalue weighted by atomic mass is 35.5. The summed E-state index contributed by atoms with van der Waals surface area (Å²) in [6, 6.07) is 18.1. The standard InChI is InChI=1S/C22H20ClN3O5S/c1-2-26(15-8-4-3-5-9-15)32(30,31)16-12-13-19(23)18(14-16)22(29)25-24-21(28)17-10-6-7-11-20(17)27/h3-14,27H,2H2,1H3,(H,24,28)(H,25,29). The summed E-state index contributed by atoms with van der Waals surface area (Å²) in [5.74, 6) is -1.83. The van der Waals surface area contributed by atoms with Crippen LogP contribution in [0.25, 0.3) is 0 Å². The molecule has 2 amide bonds. The Morgan fingerprint density at radius 1 is 0.906 bits per heavy atom. The zero-order chi connectivity index (χ0) is 23.3. The van der Waals surface area contributed by atoms with Crippen molar-refractivity contribution in [1.82, 2.24) is 10.9 Å². The number of sulfonamides is 1. The lowest BCUT2D eigenvalue weighted by Crippen LogP contribution is -2.41. The van der Waals surface area contributed by atoms with Crippen LogP contribution in [0.3, 0.4) is 0 Å². The molecule has 3 rings (SSSR count). The van der Waals surface area contributed by atoms with Gasteiger partial charge in [-0.15, -0.1) is 0 Å². The van der Waals surface area contributed by atoms with Gasteiger partial charge in [-0.05, 0) is 49.4 Å². The van der Waals surface area contributed by atoms with E-state index in [0.717, 1.165) is 6.07 Å². The first-order valence-electron chi connectivity index (χ1n) is 9.51. The normalized spacial score (nSPS) is 10.9. The van der Waals surface area contributed by atoms with Crippen LogP contribution in [0.15, 0.2) is 77.7 Å². The quantitative estimate of drug-likeness (QED) is 0.475. The molecule has 0 unspecified atom stereocenters. The van der Waals surface area contributed by atoms with E-state index in [1.165, 1.54) is 28.6 Å². The number of carbonyl (C=O) groups excluding carboxylic acids is 2. The fraction of sp³-hybridized carbons (Fsp3) is 0.0909. The third-order valence-corrected chi connectivity index (χ3v) is 6.77. The first kappa shape index (κ1) is 23.1. The van der Waals surface area contributed by atoms with Crippen LogP contribution in [0.5, 0.6) is 5.75 Å². The van der Waals surface area contributed by atoms with Gasteiger partial charge in [0.15, 0.2) is 0 Å². The van der Waals surface area contributed by atoms with Gasteiger partial charge in [-0.25, -0.2) is 8.42 Å². The molecule has 0 aliphatic heterocycles. The van der Waals surface area contributed by atoms with Gasteiger partial charge in [0.05, 0.1) is 26.7 Å². The highest BCUT2D eigenvalue weighted by Gasteiger charge is 2.25. The molecule has 0 saturated carbocycles. The third-order valence-electron chi connectivity index (χ3n) is 4.54. The number of nitrogens with one attached hydrogen (secondary N) is 2. The van der Waals surface area contributed by atoms with E-state index in [0.29, 0.717) is 5.69 Å². The molecular weight excluding hydrogens is 454 g/mol. The number of hydrazine groups is 1. The molecule has 3 aromatic carbocycles. The van der Waals surface area contributed by atoms with Gasteiger partial charge in [-0.2, -0.15) is 0 Å². The van der Waals surface area contributed by atoms with Crippen molar-refractivity contribution in [2.45, 2.75) is 11.8 Å². The number of rotatable bonds is 6. The molecule has 0 aliphatic rings. The summed E-state index contributed by atoms with van der Waals surface area (Å²) in [5, 5.41) is 9.74. The van der Waals surface area contributed by atoms with Gasteiger partial charge in [0.25, 0.3) is 21.8 Å². The van der Waals surface area contributed by atoms with Gasteiger partial charge in [-0.3, -0.25) is 24.7 Å². The Morgan fingerprint density at radius 2 is 1.50 bits per heavy atom. The molecule has 10 heteroatoms. The van der Waals surface area contributed by atoms with Crippen LogP contribution in [-0.2, 0) is 10.0 Å². The fourth-order valence-electron chi connectivity index (χ4n) is 2.97. The zero-order valence-electron chi connectivity index (χ0n) is 16.9. The van der Waals surface area contributed by atoms with Crippen LogP contribution in [0, 0.1) is 0 Å². The number of amides is 2. The van der Waals surface area contributed by atoms with Crippen molar-refractivity contribution in [1.29, 1.82) is 0 Å². The van der Waals surface area contributed by atoms with Crippen LogP contribution >= 0.6 is 11.6 Å². The number of nitrogens with zero attached hydrogens (tertiary/aromatic N) is 1. The number of aromatic hydroxyl groups is 1. The van der Waals surface area contributed by atoms with Gasteiger partial charge in [0.1, 0.15) is 5.75 Å². The SMILES string of the molecule is CCN(c1ccccc1)S(=O)(=O)c1ccc(Cl)c(C(=O)NNC(=O)c2ccccc2O)c1. The number of carbonyl (C=O) groups is 2. The summed E-state index contributed by atoms with van der Waals surface area (Å²) in [4.78, 5) is 24.6. The number of phenols is 1. The molecule has 0 fully saturated rings. The number of benzene rings is 3. The van der Waals surface area contributed by atoms with E-state index >= 15 is 0 Å². The topological polar surface area (TPSA) is 116 Å². The summed E-state index contributed by atoms with van der Waals surface area (Å²) >= 11 is 6.11. The second-order valence-electron chi connectivity index (χ2n) is 6.57. The number of hydrogen-bond acceptors (Lipinski definition) is 5. The molecule has 0 aliphatic carbocycles. The van der Waals surface area contributed by atoms with Crippen LogP contribution in [0.1, 0.15) is 27.6 Å². The van der Waals surface area contributed by atoms with Crippen LogP contribution < -0.4 is 15.2 Å². The van der Waals surface area contributed by atoms with Crippen LogP contribution in [-0.4, -0.2) is 31.9 Å². The minimum absolute atomic E-state index is 0.000942. The number of hydrogen-bond donors (Lipinski definition) is 3. The van der Waals surface area contributed by atoms with Crippen molar-refractivity contribution >= 4 is 39.1 Å². The molecule has 0 spiro atoms. The summed E-state index contributed by atoms with van der Waals surface area (Å²) < 4.78 is 27.6. The first-order valence-corrected chi connectivity index (χ1v) is 11.3. The summed E-state index contributed by atoms with van der Waals surface area (Å²) in [7, 11) is -3.98. The lowest BCUT2D eigenvalue weighted by atomic mass is 10.2. The number of halogens is 1. The molecule has 32 heavy (non-hydrogen) atoms. The summed E-state index contributed by atoms with van der Waals surface area (Å²) in [6.45, 7) is 1.87. The lowest BCUT2D eigenvalue weighted by Gasteiger charge is -2.23. The predicted molar refractivity (Wildman–Crippen MR) is 121 cm³/mol. The molecule has 166 valence electrons. The van der Waals surface area contributed by atoms with E-state index in [-0.39, 0.29) is 33.3 Å². The Labute approximate surface area is 190 Å². The highest BCUT2D eigenvalue weighted by molar-refractivity contribution is 7.92. The molecule has 0 heterocycles. The summed E-state index contributed by atoms with van der Waals surface area (Å²) in [6.07, 6.45) is 0. The van der Waals surface area contributed by atoms with Crippen LogP contribution in [0.4, 0.5) is 5.69 Å². The van der Waals surface area contributed by atoms with E-state index in [2.05, 4.69) is 10.9 Å². The number of anilines is 1. The molecule has 3 aromatic rings.